The average Bonchev–Trinajstić information content (AvgIpc) is 2.52. The molecule has 0 saturated heterocycles. The van der Waals surface area contributed by atoms with Crippen LogP contribution in [0.1, 0.15) is 11.8 Å². The Labute approximate surface area is 95.6 Å². The zero-order chi connectivity index (χ0) is 10.4. The molecule has 1 N–H and O–H groups in total. The number of hydrogen-bond acceptors (Lipinski definition) is 3. The van der Waals surface area contributed by atoms with Gasteiger partial charge in [0, 0.05) is 21.3 Å². The van der Waals surface area contributed by atoms with Crippen molar-refractivity contribution in [2.24, 2.45) is 0 Å². The number of thiophene rings is 1. The van der Waals surface area contributed by atoms with E-state index < -0.39 is 0 Å². The van der Waals surface area contributed by atoms with E-state index in [-0.39, 0.29) is 6.09 Å². The highest BCUT2D eigenvalue weighted by Gasteiger charge is 2.00. The Kier molecular flexibility index (Phi) is 4.97. The molecule has 0 saturated carbocycles. The maximum absolute atomic E-state index is 10.9. The summed E-state index contributed by atoms with van der Waals surface area (Å²) in [5.74, 6) is 0. The van der Waals surface area contributed by atoms with Crippen molar-refractivity contribution in [3.63, 3.8) is 0 Å². The topological polar surface area (TPSA) is 38.3 Å². The van der Waals surface area contributed by atoms with E-state index in [0.717, 1.165) is 10.9 Å². The molecule has 5 heteroatoms. The Hall–Kier alpha value is -0.550. The maximum Gasteiger partial charge on any atom is 0.407 e. The fourth-order valence-electron chi connectivity index (χ4n) is 0.955. The first-order valence-electron chi connectivity index (χ1n) is 4.36. The van der Waals surface area contributed by atoms with Gasteiger partial charge >= 0.3 is 6.09 Å². The van der Waals surface area contributed by atoms with Crippen molar-refractivity contribution < 1.29 is 9.53 Å². The molecule has 0 aliphatic rings. The number of carbonyl (C=O) groups excluding carboxylic acids is 1. The number of ether oxygens (including phenoxy) is 1. The van der Waals surface area contributed by atoms with E-state index in [0.29, 0.717) is 13.2 Å². The minimum atomic E-state index is -0.344. The molecule has 1 aromatic heterocycles. The van der Waals surface area contributed by atoms with Crippen LogP contribution in [0, 0.1) is 0 Å². The molecule has 0 aliphatic heterocycles. The van der Waals surface area contributed by atoms with E-state index in [1.165, 1.54) is 4.88 Å². The molecule has 1 rings (SSSR count). The average molecular weight is 278 g/mol. The second-order valence-electron chi connectivity index (χ2n) is 2.63. The molecular formula is C9H12BrNO2S. The second kappa shape index (κ2) is 6.03. The van der Waals surface area contributed by atoms with Crippen LogP contribution < -0.4 is 5.32 Å². The van der Waals surface area contributed by atoms with Gasteiger partial charge in [0.25, 0.3) is 0 Å². The molecule has 0 atom stereocenters. The number of amides is 1. The summed E-state index contributed by atoms with van der Waals surface area (Å²) >= 11 is 5.05. The molecule has 0 radical (unpaired) electrons. The van der Waals surface area contributed by atoms with Crippen molar-refractivity contribution in [3.8, 4) is 0 Å². The summed E-state index contributed by atoms with van der Waals surface area (Å²) in [5.41, 5.74) is 0. The van der Waals surface area contributed by atoms with E-state index >= 15 is 0 Å². The van der Waals surface area contributed by atoms with Gasteiger partial charge in [-0.2, -0.15) is 0 Å². The Morgan fingerprint density at radius 1 is 1.71 bits per heavy atom. The fraction of sp³-hybridized carbons (Fsp3) is 0.444. The molecule has 0 spiro atoms. The molecule has 0 bridgehead atoms. The van der Waals surface area contributed by atoms with Gasteiger partial charge in [-0.25, -0.2) is 4.79 Å². The normalized spacial score (nSPS) is 9.86. The Bertz CT molecular complexity index is 301. The first-order valence-corrected chi connectivity index (χ1v) is 6.03. The first-order chi connectivity index (χ1) is 6.72. The van der Waals surface area contributed by atoms with Crippen molar-refractivity contribution in [2.75, 3.05) is 13.2 Å². The molecular weight excluding hydrogens is 266 g/mol. The molecule has 14 heavy (non-hydrogen) atoms. The van der Waals surface area contributed by atoms with Crippen LogP contribution in [0.2, 0.25) is 0 Å². The van der Waals surface area contributed by atoms with Gasteiger partial charge in [0.15, 0.2) is 0 Å². The number of rotatable bonds is 4. The zero-order valence-corrected chi connectivity index (χ0v) is 10.3. The van der Waals surface area contributed by atoms with E-state index in [2.05, 4.69) is 27.3 Å². The summed E-state index contributed by atoms with van der Waals surface area (Å²) in [5, 5.41) is 4.70. The predicted octanol–water partition coefficient (Wildman–Crippen LogP) is 2.80. The Morgan fingerprint density at radius 3 is 3.07 bits per heavy atom. The Balaban J connectivity index is 2.18. The first kappa shape index (κ1) is 11.5. The summed E-state index contributed by atoms with van der Waals surface area (Å²) in [4.78, 5) is 12.1. The van der Waals surface area contributed by atoms with Gasteiger partial charge in [-0.15, -0.1) is 11.3 Å². The molecule has 78 valence electrons. The van der Waals surface area contributed by atoms with Gasteiger partial charge in [0.1, 0.15) is 0 Å². The fourth-order valence-corrected chi connectivity index (χ4v) is 2.41. The van der Waals surface area contributed by atoms with Gasteiger partial charge in [0.2, 0.25) is 0 Å². The van der Waals surface area contributed by atoms with Crippen LogP contribution in [0.3, 0.4) is 0 Å². The summed E-state index contributed by atoms with van der Waals surface area (Å²) in [6, 6.07) is 2.05. The number of halogens is 1. The predicted molar refractivity (Wildman–Crippen MR) is 60.7 cm³/mol. The largest absolute Gasteiger partial charge is 0.450 e. The van der Waals surface area contributed by atoms with Crippen molar-refractivity contribution in [2.45, 2.75) is 13.3 Å². The van der Waals surface area contributed by atoms with Gasteiger partial charge in [-0.1, -0.05) is 0 Å². The number of alkyl carbamates (subject to hydrolysis) is 1. The third kappa shape index (κ3) is 4.11. The molecule has 1 amide bonds. The van der Waals surface area contributed by atoms with Crippen LogP contribution in [-0.4, -0.2) is 19.2 Å². The molecule has 1 heterocycles. The van der Waals surface area contributed by atoms with Gasteiger partial charge in [0.05, 0.1) is 6.61 Å². The van der Waals surface area contributed by atoms with E-state index in [9.17, 15) is 4.79 Å². The lowest BCUT2D eigenvalue weighted by Gasteiger charge is -2.03. The summed E-state index contributed by atoms with van der Waals surface area (Å²) in [7, 11) is 0. The third-order valence-corrected chi connectivity index (χ3v) is 3.30. The van der Waals surface area contributed by atoms with Gasteiger partial charge in [-0.05, 0) is 35.3 Å². The van der Waals surface area contributed by atoms with Crippen LogP contribution in [-0.2, 0) is 11.2 Å². The summed E-state index contributed by atoms with van der Waals surface area (Å²) in [6.45, 7) is 2.82. The quantitative estimate of drug-likeness (QED) is 0.919. The lowest BCUT2D eigenvalue weighted by Crippen LogP contribution is -2.26. The highest BCUT2D eigenvalue weighted by molar-refractivity contribution is 9.10. The van der Waals surface area contributed by atoms with Gasteiger partial charge in [-0.3, -0.25) is 0 Å². The summed E-state index contributed by atoms with van der Waals surface area (Å²) < 4.78 is 5.82. The standard InChI is InChI=1S/C9H12BrNO2S/c1-2-13-9(12)11-4-3-8-5-7(10)6-14-8/h5-6H,2-4H2,1H3,(H,11,12). The highest BCUT2D eigenvalue weighted by Crippen LogP contribution is 2.19. The number of hydrogen-bond donors (Lipinski definition) is 1. The van der Waals surface area contributed by atoms with Crippen molar-refractivity contribution in [3.05, 3.63) is 20.8 Å². The molecule has 0 unspecified atom stereocenters. The lowest BCUT2D eigenvalue weighted by atomic mass is 10.3. The zero-order valence-electron chi connectivity index (χ0n) is 7.88. The molecule has 3 nitrogen and oxygen atoms in total. The lowest BCUT2D eigenvalue weighted by molar-refractivity contribution is 0.152. The van der Waals surface area contributed by atoms with Gasteiger partial charge < -0.3 is 10.1 Å². The molecule has 0 aromatic carbocycles. The second-order valence-corrected chi connectivity index (χ2v) is 4.54. The minimum Gasteiger partial charge on any atom is -0.450 e. The van der Waals surface area contributed by atoms with Crippen molar-refractivity contribution in [1.29, 1.82) is 0 Å². The Morgan fingerprint density at radius 2 is 2.50 bits per heavy atom. The van der Waals surface area contributed by atoms with E-state index in [1.54, 1.807) is 18.3 Å². The monoisotopic (exact) mass is 277 g/mol. The molecule has 0 aliphatic carbocycles. The van der Waals surface area contributed by atoms with Crippen molar-refractivity contribution >= 4 is 33.4 Å². The van der Waals surface area contributed by atoms with Crippen LogP contribution in [0.4, 0.5) is 4.79 Å². The van der Waals surface area contributed by atoms with Crippen LogP contribution in [0.5, 0.6) is 0 Å². The summed E-state index contributed by atoms with van der Waals surface area (Å²) in [6.07, 6.45) is 0.498. The van der Waals surface area contributed by atoms with Crippen LogP contribution in [0.15, 0.2) is 15.9 Å². The number of nitrogens with one attached hydrogen (secondary N) is 1. The third-order valence-electron chi connectivity index (χ3n) is 1.54. The minimum absolute atomic E-state index is 0.344. The van der Waals surface area contributed by atoms with Crippen LogP contribution >= 0.6 is 27.3 Å². The maximum atomic E-state index is 10.9. The van der Waals surface area contributed by atoms with E-state index in [4.69, 9.17) is 4.74 Å². The SMILES string of the molecule is CCOC(=O)NCCc1cc(Br)cs1. The highest BCUT2D eigenvalue weighted by atomic mass is 79.9. The number of carbonyl (C=O) groups is 1. The van der Waals surface area contributed by atoms with E-state index in [1.807, 2.05) is 5.38 Å². The van der Waals surface area contributed by atoms with Crippen LogP contribution in [0.25, 0.3) is 0 Å². The molecule has 0 fully saturated rings. The van der Waals surface area contributed by atoms with Crippen molar-refractivity contribution in [1.82, 2.24) is 5.32 Å². The smallest absolute Gasteiger partial charge is 0.407 e. The molecule has 1 aromatic rings.